The van der Waals surface area contributed by atoms with Gasteiger partial charge >= 0.3 is 29.8 Å². The molecule has 1 N–H and O–H groups in total. The summed E-state index contributed by atoms with van der Waals surface area (Å²) >= 11 is 0. The average Bonchev–Trinajstić information content (AvgIpc) is 4.21. The molecule has 422 valence electrons. The molecule has 11 nitrogen and oxygen atoms in total. The van der Waals surface area contributed by atoms with E-state index in [1.54, 1.807) is 0 Å². The van der Waals surface area contributed by atoms with Crippen LogP contribution in [0.2, 0.25) is 0 Å². The Kier molecular flexibility index (Phi) is 17.1. The van der Waals surface area contributed by atoms with Gasteiger partial charge in [-0.05, 0) is 244 Å². The number of fused-ring (bicyclic) bond motifs is 10. The lowest BCUT2D eigenvalue weighted by Crippen LogP contribution is -2.61. The van der Waals surface area contributed by atoms with Gasteiger partial charge in [-0.2, -0.15) is 0 Å². The van der Waals surface area contributed by atoms with E-state index in [0.29, 0.717) is 30.1 Å². The molecule has 74 heavy (non-hydrogen) atoms. The third-order valence-corrected chi connectivity index (χ3v) is 22.3. The molecular weight excluding hydrogens is 933 g/mol. The summed E-state index contributed by atoms with van der Waals surface area (Å²) in [4.78, 5) is 60.7. The Morgan fingerprint density at radius 3 is 1.59 bits per heavy atom. The Labute approximate surface area is 447 Å². The first-order chi connectivity index (χ1) is 34.4. The van der Waals surface area contributed by atoms with Crippen molar-refractivity contribution in [1.82, 2.24) is 0 Å². The normalized spacial score (nSPS) is 37.6. The molecule has 11 atom stereocenters. The molecule has 1 heterocycles. The van der Waals surface area contributed by atoms with E-state index in [9.17, 15) is 29.1 Å². The van der Waals surface area contributed by atoms with Crippen LogP contribution < -0.4 is 0 Å². The van der Waals surface area contributed by atoms with E-state index < -0.39 is 22.0 Å². The van der Waals surface area contributed by atoms with Crippen molar-refractivity contribution in [2.45, 2.75) is 292 Å². The van der Waals surface area contributed by atoms with E-state index in [1.807, 2.05) is 76.2 Å². The smallest absolute Gasteiger partial charge is 0.312 e. The van der Waals surface area contributed by atoms with Crippen LogP contribution in [-0.2, 0) is 47.7 Å². The molecule has 0 aromatic heterocycles. The van der Waals surface area contributed by atoms with Crippen molar-refractivity contribution in [2.75, 3.05) is 0 Å². The second kappa shape index (κ2) is 21.5. The van der Waals surface area contributed by atoms with Crippen LogP contribution in [0, 0.1) is 74.9 Å². The van der Waals surface area contributed by atoms with Crippen LogP contribution in [0.3, 0.4) is 0 Å². The van der Waals surface area contributed by atoms with Crippen molar-refractivity contribution in [2.24, 2.45) is 74.9 Å². The van der Waals surface area contributed by atoms with E-state index in [0.717, 1.165) is 126 Å². The Bertz CT molecular complexity index is 2030. The van der Waals surface area contributed by atoms with Crippen LogP contribution in [0.15, 0.2) is 0 Å². The quantitative estimate of drug-likeness (QED) is 0.101. The maximum Gasteiger partial charge on any atom is 0.312 e. The second-order valence-electron chi connectivity index (χ2n) is 29.1. The number of carbonyl (C=O) groups excluding carboxylic acids is 5. The average molecular weight is 1040 g/mol. The van der Waals surface area contributed by atoms with E-state index >= 15 is 0 Å². The lowest BCUT2D eigenvalue weighted by molar-refractivity contribution is -0.225. The first-order valence-corrected chi connectivity index (χ1v) is 30.3. The summed E-state index contributed by atoms with van der Waals surface area (Å²) in [6, 6.07) is 0. The van der Waals surface area contributed by atoms with E-state index in [4.69, 9.17) is 23.7 Å². The van der Waals surface area contributed by atoms with Crippen molar-refractivity contribution >= 4 is 29.8 Å². The summed E-state index contributed by atoms with van der Waals surface area (Å²) < 4.78 is 29.0. The number of hydrogen-bond acceptors (Lipinski definition) is 11. The van der Waals surface area contributed by atoms with Crippen LogP contribution in [-0.4, -0.2) is 69.1 Å². The molecule has 1 aliphatic heterocycles. The Morgan fingerprint density at radius 2 is 1.09 bits per heavy atom. The number of esters is 5. The Morgan fingerprint density at radius 1 is 0.595 bits per heavy atom. The van der Waals surface area contributed by atoms with Gasteiger partial charge in [0.05, 0.1) is 33.7 Å². The minimum Gasteiger partial charge on any atom is -0.459 e. The summed E-state index contributed by atoms with van der Waals surface area (Å²) in [6.45, 7) is 30.3. The van der Waals surface area contributed by atoms with Crippen LogP contribution in [0.4, 0.5) is 0 Å². The standard InChI is InChI=1S/C20H32O2.C16H26O3.C14H26O2.C13H20O4/c1-5-19(3,4)18(21)22-20(6-2)11-14-10-15(20)17-13-8-7-12(9-13)16(14)17;1-4-14(2,3)13(17)19-16-8-11-5-12(9-16)7-15(18,6-11)10-16;1-6-13(4,5)12(15)16-14(11(2)3)9-7-8-10-14;1-4-12(2,3)11(15)17-13-7-5-6-9(13)16-10(14)8-13/h12-17H,5-11H2,1-4H3;11-12,18H,4-10H2,1-3H3;11H,6-10H2,1-5H3;9H,4-8H2,1-3H3. The topological polar surface area (TPSA) is 152 Å². The van der Waals surface area contributed by atoms with Gasteiger partial charge in [-0.25, -0.2) is 0 Å². The monoisotopic (exact) mass is 1040 g/mol. The van der Waals surface area contributed by atoms with Gasteiger partial charge in [0.15, 0.2) is 5.60 Å². The van der Waals surface area contributed by atoms with Gasteiger partial charge in [0.1, 0.15) is 22.9 Å². The SMILES string of the molecule is CCC(C)(C)C(=O)OC1(C(C)C)CCCC1.CCC(C)(C)C(=O)OC1(CC)CC2CC1C1C3CCC(C3)C21.CCC(C)(C)C(=O)OC12CC3CC(CC(O)(C3)C1)C2.CCC(C)(C)C(=O)OC12CCCC1OC(=O)C2. The highest BCUT2D eigenvalue weighted by atomic mass is 16.6. The van der Waals surface area contributed by atoms with Crippen LogP contribution >= 0.6 is 0 Å². The summed E-state index contributed by atoms with van der Waals surface area (Å²) in [5, 5.41) is 10.6. The summed E-state index contributed by atoms with van der Waals surface area (Å²) in [6.07, 6.45) is 23.8. The van der Waals surface area contributed by atoms with E-state index in [1.165, 1.54) is 44.9 Å². The fourth-order valence-corrected chi connectivity index (χ4v) is 16.2. The zero-order valence-electron chi connectivity index (χ0n) is 49.3. The van der Waals surface area contributed by atoms with Crippen LogP contribution in [0.5, 0.6) is 0 Å². The van der Waals surface area contributed by atoms with Gasteiger partial charge in [-0.1, -0.05) is 48.5 Å². The van der Waals surface area contributed by atoms with Crippen molar-refractivity contribution in [3.05, 3.63) is 0 Å². The Balaban J connectivity index is 0.000000145. The zero-order valence-corrected chi connectivity index (χ0v) is 49.3. The van der Waals surface area contributed by atoms with Crippen molar-refractivity contribution < 1.29 is 52.8 Å². The number of aliphatic hydroxyl groups is 1. The molecule has 0 aromatic rings. The lowest BCUT2D eigenvalue weighted by atomic mass is 9.52. The molecular formula is C63H104O11. The lowest BCUT2D eigenvalue weighted by Gasteiger charge is -2.59. The van der Waals surface area contributed by atoms with Gasteiger partial charge < -0.3 is 28.8 Å². The number of ether oxygens (including phenoxy) is 5. The molecule has 11 rings (SSSR count). The molecule has 10 saturated carbocycles. The van der Waals surface area contributed by atoms with Gasteiger partial charge in [0.2, 0.25) is 0 Å². The number of hydrogen-bond donors (Lipinski definition) is 1. The number of carbonyl (C=O) groups is 5. The minimum absolute atomic E-state index is 0.0226. The van der Waals surface area contributed by atoms with Gasteiger partial charge in [-0.3, -0.25) is 24.0 Å². The van der Waals surface area contributed by atoms with Crippen LogP contribution in [0.1, 0.15) is 258 Å². The molecule has 0 amide bonds. The van der Waals surface area contributed by atoms with E-state index in [2.05, 4.69) is 27.7 Å². The van der Waals surface area contributed by atoms with Gasteiger partial charge in [0, 0.05) is 12.3 Å². The first kappa shape index (κ1) is 59.0. The molecule has 0 aromatic carbocycles. The molecule has 11 heteroatoms. The summed E-state index contributed by atoms with van der Waals surface area (Å²) in [5.41, 5.74) is -3.46. The van der Waals surface area contributed by atoms with Gasteiger partial charge in [-0.15, -0.1) is 0 Å². The maximum absolute atomic E-state index is 12.7. The fraction of sp³-hybridized carbons (Fsp3) is 0.921. The number of rotatable bonds is 14. The second-order valence-corrected chi connectivity index (χ2v) is 29.1. The predicted molar refractivity (Wildman–Crippen MR) is 287 cm³/mol. The predicted octanol–water partition coefficient (Wildman–Crippen LogP) is 14.0. The minimum atomic E-state index is -0.666. The first-order valence-electron chi connectivity index (χ1n) is 30.3. The molecule has 0 spiro atoms. The third kappa shape index (κ3) is 11.6. The van der Waals surface area contributed by atoms with E-state index in [-0.39, 0.29) is 70.0 Å². The molecule has 8 bridgehead atoms. The highest BCUT2D eigenvalue weighted by molar-refractivity contribution is 5.79. The zero-order chi connectivity index (χ0) is 54.7. The Hall–Kier alpha value is -2.69. The van der Waals surface area contributed by atoms with Crippen molar-refractivity contribution in [3.63, 3.8) is 0 Å². The largest absolute Gasteiger partial charge is 0.459 e. The maximum atomic E-state index is 12.7. The summed E-state index contributed by atoms with van der Waals surface area (Å²) in [7, 11) is 0. The molecule has 11 unspecified atom stereocenters. The summed E-state index contributed by atoms with van der Waals surface area (Å²) in [5.74, 6) is 6.38. The fourth-order valence-electron chi connectivity index (χ4n) is 16.2. The molecule has 1 saturated heterocycles. The molecule has 10 aliphatic carbocycles. The van der Waals surface area contributed by atoms with Crippen molar-refractivity contribution in [1.29, 1.82) is 0 Å². The molecule has 0 radical (unpaired) electrons. The highest BCUT2D eigenvalue weighted by Crippen LogP contribution is 2.71. The van der Waals surface area contributed by atoms with Crippen LogP contribution in [0.25, 0.3) is 0 Å². The molecule has 11 aliphatic rings. The van der Waals surface area contributed by atoms with Crippen molar-refractivity contribution in [3.8, 4) is 0 Å². The molecule has 11 fully saturated rings. The van der Waals surface area contributed by atoms with Gasteiger partial charge in [0.25, 0.3) is 0 Å². The third-order valence-electron chi connectivity index (χ3n) is 22.3. The highest BCUT2D eigenvalue weighted by Gasteiger charge is 2.68.